The topological polar surface area (TPSA) is 84.0 Å². The van der Waals surface area contributed by atoms with E-state index in [0.29, 0.717) is 10.7 Å². The number of carbonyl (C=O) groups excluding carboxylic acids is 2. The molecule has 3 amide bonds. The summed E-state index contributed by atoms with van der Waals surface area (Å²) < 4.78 is 63.6. The molecule has 0 bridgehead atoms. The maximum Gasteiger partial charge on any atom is 0.461 e. The molecule has 3 aromatic rings. The molecule has 8 nitrogen and oxygen atoms in total. The molecule has 1 aromatic heterocycles. The third kappa shape index (κ3) is 8.10. The monoisotopic (exact) mass is 636 g/mol. The van der Waals surface area contributed by atoms with Gasteiger partial charge in [0.25, 0.3) is 0 Å². The van der Waals surface area contributed by atoms with Crippen LogP contribution in [0.1, 0.15) is 37.6 Å². The van der Waals surface area contributed by atoms with E-state index in [0.717, 1.165) is 11.6 Å². The van der Waals surface area contributed by atoms with E-state index in [4.69, 9.17) is 16.3 Å². The number of ether oxygens (including phenoxy) is 2. The lowest BCUT2D eigenvalue weighted by Crippen LogP contribution is -2.58. The Hall–Kier alpha value is -4.06. The van der Waals surface area contributed by atoms with Crippen molar-refractivity contribution < 1.29 is 36.6 Å². The summed E-state index contributed by atoms with van der Waals surface area (Å²) in [6, 6.07) is 16.9. The maximum absolute atomic E-state index is 13.9. The summed E-state index contributed by atoms with van der Waals surface area (Å²) in [5.74, 6) is -0.528. The van der Waals surface area contributed by atoms with Gasteiger partial charge in [-0.2, -0.15) is 17.6 Å². The quantitative estimate of drug-likeness (QED) is 0.278. The second-order valence-corrected chi connectivity index (χ2v) is 11.7. The van der Waals surface area contributed by atoms with E-state index in [1.165, 1.54) is 28.1 Å². The average molecular weight is 637 g/mol. The van der Waals surface area contributed by atoms with Crippen LogP contribution < -0.4 is 10.1 Å². The zero-order chi connectivity index (χ0) is 32.1. The first kappa shape index (κ1) is 32.8. The van der Waals surface area contributed by atoms with Gasteiger partial charge in [0.05, 0.1) is 10.7 Å². The summed E-state index contributed by atoms with van der Waals surface area (Å²) in [6.07, 6.45) is -7.80. The number of amides is 3. The fraction of sp³-hybridized carbons (Fsp3) is 0.387. The molecular weight excluding hydrogens is 604 g/mol. The molecule has 4 rings (SSSR count). The van der Waals surface area contributed by atoms with Crippen molar-refractivity contribution in [2.75, 3.05) is 26.2 Å². The number of pyridine rings is 1. The molecule has 13 heteroatoms. The van der Waals surface area contributed by atoms with Crippen molar-refractivity contribution in [1.29, 1.82) is 0 Å². The zero-order valence-electron chi connectivity index (χ0n) is 24.4. The Morgan fingerprint density at radius 1 is 0.955 bits per heavy atom. The van der Waals surface area contributed by atoms with Gasteiger partial charge in [-0.3, -0.25) is 4.98 Å². The van der Waals surface area contributed by atoms with Gasteiger partial charge in [-0.05, 0) is 56.2 Å². The molecule has 44 heavy (non-hydrogen) atoms. The van der Waals surface area contributed by atoms with Crippen LogP contribution in [0.3, 0.4) is 0 Å². The molecule has 1 aliphatic rings. The van der Waals surface area contributed by atoms with Crippen molar-refractivity contribution in [2.45, 2.75) is 50.9 Å². The molecule has 0 spiro atoms. The summed E-state index contributed by atoms with van der Waals surface area (Å²) >= 11 is 6.13. The fourth-order valence-electron chi connectivity index (χ4n) is 4.76. The molecule has 2 heterocycles. The molecule has 1 aliphatic heterocycles. The number of rotatable bonds is 8. The third-order valence-corrected chi connectivity index (χ3v) is 7.07. The number of nitrogens with one attached hydrogen (secondary N) is 1. The van der Waals surface area contributed by atoms with Crippen LogP contribution >= 0.6 is 11.6 Å². The molecule has 1 fully saturated rings. The molecule has 1 saturated heterocycles. The van der Waals surface area contributed by atoms with Crippen molar-refractivity contribution in [2.24, 2.45) is 0 Å². The lowest BCUT2D eigenvalue weighted by molar-refractivity contribution is -0.253. The summed E-state index contributed by atoms with van der Waals surface area (Å²) in [7, 11) is 0. The SMILES string of the molecule is CC(C)(C)OC(=O)N1CCN(C(=O)N[C@@](Cc2ccccc2)(c2cccc(OC(F)(F)C(F)F)c2)c2ccc(Cl)cn2)CC1. The highest BCUT2D eigenvalue weighted by Crippen LogP contribution is 2.37. The Labute approximate surface area is 257 Å². The van der Waals surface area contributed by atoms with E-state index in [2.05, 4.69) is 15.0 Å². The molecule has 236 valence electrons. The van der Waals surface area contributed by atoms with E-state index in [1.807, 2.05) is 18.2 Å². The van der Waals surface area contributed by atoms with Gasteiger partial charge in [-0.15, -0.1) is 0 Å². The number of hydrogen-bond donors (Lipinski definition) is 1. The summed E-state index contributed by atoms with van der Waals surface area (Å²) in [6.45, 7) is 6.11. The average Bonchev–Trinajstić information content (AvgIpc) is 2.96. The van der Waals surface area contributed by atoms with Crippen molar-refractivity contribution in [3.05, 3.63) is 94.8 Å². The van der Waals surface area contributed by atoms with Gasteiger partial charge in [0.15, 0.2) is 0 Å². The van der Waals surface area contributed by atoms with Crippen molar-refractivity contribution >= 4 is 23.7 Å². The van der Waals surface area contributed by atoms with Crippen LogP contribution in [0.4, 0.5) is 27.2 Å². The first-order valence-corrected chi connectivity index (χ1v) is 14.2. The smallest absolute Gasteiger partial charge is 0.444 e. The number of urea groups is 1. The van der Waals surface area contributed by atoms with E-state index >= 15 is 0 Å². The van der Waals surface area contributed by atoms with Gasteiger partial charge >= 0.3 is 24.7 Å². The van der Waals surface area contributed by atoms with Crippen LogP contribution in [0.25, 0.3) is 0 Å². The van der Waals surface area contributed by atoms with Gasteiger partial charge in [-0.25, -0.2) is 9.59 Å². The molecule has 2 aromatic carbocycles. The third-order valence-electron chi connectivity index (χ3n) is 6.85. The lowest BCUT2D eigenvalue weighted by atomic mass is 9.80. The highest BCUT2D eigenvalue weighted by molar-refractivity contribution is 6.30. The minimum absolute atomic E-state index is 0.0980. The minimum Gasteiger partial charge on any atom is -0.444 e. The number of benzene rings is 2. The number of halogens is 5. The summed E-state index contributed by atoms with van der Waals surface area (Å²) in [5.41, 5.74) is -0.858. The molecule has 0 radical (unpaired) electrons. The van der Waals surface area contributed by atoms with Crippen molar-refractivity contribution in [3.8, 4) is 5.75 Å². The standard InChI is InChI=1S/C31H33ClF4N4O4/c1-29(2,3)44-28(42)40-16-14-39(15-17-40)27(41)38-30(19-21-8-5-4-6-9-21,25-13-12-23(32)20-37-25)22-10-7-11-24(18-22)43-31(35,36)26(33)34/h4-13,18,20,26H,14-17,19H2,1-3H3,(H,38,41)/t30-/m0/s1. The summed E-state index contributed by atoms with van der Waals surface area (Å²) in [5, 5.41) is 3.37. The Bertz CT molecular complexity index is 1430. The predicted molar refractivity (Wildman–Crippen MR) is 156 cm³/mol. The molecule has 0 unspecified atom stereocenters. The maximum atomic E-state index is 13.9. The number of alkyl halides is 4. The van der Waals surface area contributed by atoms with Crippen molar-refractivity contribution in [3.63, 3.8) is 0 Å². The van der Waals surface area contributed by atoms with Crippen molar-refractivity contribution in [1.82, 2.24) is 20.1 Å². The van der Waals surface area contributed by atoms with Crippen LogP contribution in [0.2, 0.25) is 5.02 Å². The Morgan fingerprint density at radius 3 is 2.20 bits per heavy atom. The van der Waals surface area contributed by atoms with E-state index in [-0.39, 0.29) is 38.2 Å². The van der Waals surface area contributed by atoms with E-state index in [9.17, 15) is 27.2 Å². The van der Waals surface area contributed by atoms with Gasteiger partial charge in [0, 0.05) is 38.8 Å². The van der Waals surface area contributed by atoms with Gasteiger partial charge < -0.3 is 24.6 Å². The molecule has 0 aliphatic carbocycles. The minimum atomic E-state index is -4.74. The number of nitrogens with zero attached hydrogens (tertiary/aromatic N) is 3. The summed E-state index contributed by atoms with van der Waals surface area (Å²) in [4.78, 5) is 34.0. The highest BCUT2D eigenvalue weighted by Gasteiger charge is 2.45. The van der Waals surface area contributed by atoms with Crippen LogP contribution in [0.15, 0.2) is 72.9 Å². The predicted octanol–water partition coefficient (Wildman–Crippen LogP) is 6.72. The van der Waals surface area contributed by atoms with Crippen LogP contribution in [0.5, 0.6) is 5.75 Å². The van der Waals surface area contributed by atoms with Crippen LogP contribution in [0, 0.1) is 0 Å². The molecule has 1 N–H and O–H groups in total. The van der Waals surface area contributed by atoms with Gasteiger partial charge in [-0.1, -0.05) is 54.1 Å². The fourth-order valence-corrected chi connectivity index (χ4v) is 4.87. The lowest BCUT2D eigenvalue weighted by Gasteiger charge is -2.40. The number of hydrogen-bond acceptors (Lipinski definition) is 5. The first-order valence-electron chi connectivity index (χ1n) is 13.8. The largest absolute Gasteiger partial charge is 0.461 e. The van der Waals surface area contributed by atoms with E-state index in [1.54, 1.807) is 51.1 Å². The second-order valence-electron chi connectivity index (χ2n) is 11.3. The normalized spacial score (nSPS) is 15.5. The van der Waals surface area contributed by atoms with Gasteiger partial charge in [0.1, 0.15) is 16.9 Å². The Morgan fingerprint density at radius 2 is 1.61 bits per heavy atom. The Kier molecular flexibility index (Phi) is 9.92. The second kappa shape index (κ2) is 13.3. The van der Waals surface area contributed by atoms with Crippen LogP contribution in [-0.2, 0) is 16.7 Å². The molecule has 0 saturated carbocycles. The number of piperazine rings is 1. The number of aromatic nitrogens is 1. The molecular formula is C31H33ClF4N4O4. The van der Waals surface area contributed by atoms with Gasteiger partial charge in [0.2, 0.25) is 0 Å². The molecule has 1 atom stereocenters. The van der Waals surface area contributed by atoms with Crippen LogP contribution in [-0.4, -0.2) is 71.2 Å². The zero-order valence-corrected chi connectivity index (χ0v) is 25.2. The van der Waals surface area contributed by atoms with E-state index < -0.39 is 41.5 Å². The highest BCUT2D eigenvalue weighted by atomic mass is 35.5. The Balaban J connectivity index is 1.72. The first-order chi connectivity index (χ1) is 20.7. The number of carbonyl (C=O) groups is 2.